The number of hydroxylamine groups is 2. The number of aliphatic imine (C=N–C) groups is 1. The number of hydrogen-bond acceptors (Lipinski definition) is 4. The molecular formula is C27H30F4N4O2. The zero-order valence-corrected chi connectivity index (χ0v) is 20.9. The van der Waals surface area contributed by atoms with Gasteiger partial charge in [0.05, 0.1) is 11.6 Å². The maximum atomic E-state index is 14.0. The van der Waals surface area contributed by atoms with Crippen LogP contribution in [0.2, 0.25) is 0 Å². The number of nitrogens with zero attached hydrogens (tertiary/aromatic N) is 3. The van der Waals surface area contributed by atoms with Gasteiger partial charge in [-0.2, -0.15) is 13.2 Å². The van der Waals surface area contributed by atoms with Crippen LogP contribution in [-0.2, 0) is 23.9 Å². The Bertz CT molecular complexity index is 1240. The van der Waals surface area contributed by atoms with Gasteiger partial charge in [0.2, 0.25) is 0 Å². The topological polar surface area (TPSA) is 68.2 Å². The van der Waals surface area contributed by atoms with Crippen LogP contribution >= 0.6 is 0 Å². The van der Waals surface area contributed by atoms with E-state index in [1.165, 1.54) is 11.1 Å². The van der Waals surface area contributed by atoms with E-state index in [0.29, 0.717) is 31.0 Å². The lowest BCUT2D eigenvalue weighted by Gasteiger charge is -2.31. The minimum absolute atomic E-state index is 0.0419. The van der Waals surface area contributed by atoms with E-state index in [0.717, 1.165) is 36.1 Å². The maximum absolute atomic E-state index is 14.0. The molecule has 0 atom stereocenters. The second-order valence-corrected chi connectivity index (χ2v) is 9.61. The van der Waals surface area contributed by atoms with Crippen LogP contribution in [0.3, 0.4) is 0 Å². The van der Waals surface area contributed by atoms with Crippen molar-refractivity contribution in [1.29, 1.82) is 0 Å². The fourth-order valence-corrected chi connectivity index (χ4v) is 4.35. The van der Waals surface area contributed by atoms with Crippen molar-refractivity contribution >= 4 is 23.1 Å². The van der Waals surface area contributed by atoms with Gasteiger partial charge in [-0.25, -0.2) is 14.4 Å². The lowest BCUT2D eigenvalue weighted by Crippen LogP contribution is -2.38. The third-order valence-corrected chi connectivity index (χ3v) is 6.48. The van der Waals surface area contributed by atoms with Gasteiger partial charge in [-0.05, 0) is 61.6 Å². The summed E-state index contributed by atoms with van der Waals surface area (Å²) in [6.07, 6.45) is -0.847. The van der Waals surface area contributed by atoms with Crippen molar-refractivity contribution in [1.82, 2.24) is 9.96 Å². The molecule has 1 heterocycles. The van der Waals surface area contributed by atoms with E-state index in [1.807, 2.05) is 19.9 Å². The fourth-order valence-electron chi connectivity index (χ4n) is 4.35. The number of carbonyl (C=O) groups is 1. The molecule has 0 saturated heterocycles. The van der Waals surface area contributed by atoms with Gasteiger partial charge < -0.3 is 10.2 Å². The molecule has 1 aliphatic heterocycles. The van der Waals surface area contributed by atoms with Crippen LogP contribution in [-0.4, -0.2) is 39.5 Å². The molecule has 10 heteroatoms. The highest BCUT2D eigenvalue weighted by molar-refractivity contribution is 5.97. The number of carbonyl (C=O) groups excluding carboxylic acids is 1. The van der Waals surface area contributed by atoms with Crippen LogP contribution in [0.1, 0.15) is 50.3 Å². The van der Waals surface area contributed by atoms with Crippen molar-refractivity contribution in [3.63, 3.8) is 0 Å². The zero-order chi connectivity index (χ0) is 26.9. The Morgan fingerprint density at radius 2 is 1.97 bits per heavy atom. The molecule has 2 aromatic carbocycles. The van der Waals surface area contributed by atoms with Crippen LogP contribution in [0.4, 0.5) is 28.9 Å². The van der Waals surface area contributed by atoms with Gasteiger partial charge in [0.25, 0.3) is 5.91 Å². The van der Waals surface area contributed by atoms with Crippen LogP contribution in [0.25, 0.3) is 0 Å². The Morgan fingerprint density at radius 3 is 2.57 bits per heavy atom. The number of amidine groups is 1. The van der Waals surface area contributed by atoms with Crippen molar-refractivity contribution < 1.29 is 27.6 Å². The van der Waals surface area contributed by atoms with Gasteiger partial charge in [-0.3, -0.25) is 10.0 Å². The Hall–Kier alpha value is -3.40. The van der Waals surface area contributed by atoms with E-state index >= 15 is 0 Å². The minimum Gasteiger partial charge on any atom is -0.355 e. The molecule has 2 N–H and O–H groups in total. The second kappa shape index (κ2) is 10.5. The predicted octanol–water partition coefficient (Wildman–Crippen LogP) is 6.28. The Morgan fingerprint density at radius 1 is 1.24 bits per heavy atom. The van der Waals surface area contributed by atoms with E-state index in [-0.39, 0.29) is 29.3 Å². The van der Waals surface area contributed by atoms with Crippen LogP contribution in [0, 0.1) is 11.7 Å². The number of hydrogen-bond donors (Lipinski definition) is 2. The molecule has 0 radical (unpaired) electrons. The first-order valence-corrected chi connectivity index (χ1v) is 12.3. The average Bonchev–Trinajstić information content (AvgIpc) is 3.68. The van der Waals surface area contributed by atoms with Gasteiger partial charge in [0.1, 0.15) is 17.3 Å². The lowest BCUT2D eigenvalue weighted by molar-refractivity contribution is -0.140. The molecule has 0 spiro atoms. The number of benzene rings is 2. The Balaban J connectivity index is 1.51. The summed E-state index contributed by atoms with van der Waals surface area (Å²) >= 11 is 0. The van der Waals surface area contributed by atoms with Crippen molar-refractivity contribution in [2.75, 3.05) is 11.9 Å². The Labute approximate surface area is 213 Å². The molecule has 1 amide bonds. The highest BCUT2D eigenvalue weighted by Crippen LogP contribution is 2.34. The van der Waals surface area contributed by atoms with Crippen molar-refractivity contribution in [2.45, 2.75) is 58.8 Å². The molecule has 0 bridgehead atoms. The van der Waals surface area contributed by atoms with Crippen LogP contribution < -0.4 is 5.32 Å². The molecule has 1 fully saturated rings. The summed E-state index contributed by atoms with van der Waals surface area (Å²) in [5.74, 6) is -1.21. The SMILES string of the molecule is C/C=C(\N=C(C(C)C)N(O)C1CC1)C(=O)N1CCc2c(cccc2Nc2ccc(C(F)(F)F)c(F)c2)C1. The van der Waals surface area contributed by atoms with Crippen LogP contribution in [0.5, 0.6) is 0 Å². The molecule has 1 aliphatic carbocycles. The average molecular weight is 519 g/mol. The van der Waals surface area contributed by atoms with E-state index in [9.17, 15) is 27.6 Å². The van der Waals surface area contributed by atoms with E-state index in [2.05, 4.69) is 10.3 Å². The summed E-state index contributed by atoms with van der Waals surface area (Å²) in [7, 11) is 0. The number of alkyl halides is 3. The first-order chi connectivity index (χ1) is 17.5. The van der Waals surface area contributed by atoms with Gasteiger partial charge in [-0.15, -0.1) is 0 Å². The second-order valence-electron chi connectivity index (χ2n) is 9.61. The number of nitrogens with one attached hydrogen (secondary N) is 1. The van der Waals surface area contributed by atoms with Crippen molar-refractivity contribution in [3.05, 3.63) is 70.7 Å². The van der Waals surface area contributed by atoms with E-state index in [4.69, 9.17) is 0 Å². The molecule has 198 valence electrons. The Kier molecular flexibility index (Phi) is 7.59. The summed E-state index contributed by atoms with van der Waals surface area (Å²) in [5.41, 5.74) is 1.58. The van der Waals surface area contributed by atoms with Gasteiger partial charge in [-0.1, -0.05) is 32.1 Å². The normalized spacial score (nSPS) is 16.6. The smallest absolute Gasteiger partial charge is 0.355 e. The monoisotopic (exact) mass is 518 g/mol. The summed E-state index contributed by atoms with van der Waals surface area (Å²) in [4.78, 5) is 19.5. The molecular weight excluding hydrogens is 488 g/mol. The number of halogens is 4. The fraction of sp³-hybridized carbons (Fsp3) is 0.407. The number of fused-ring (bicyclic) bond motifs is 1. The van der Waals surface area contributed by atoms with Gasteiger partial charge in [0.15, 0.2) is 0 Å². The third kappa shape index (κ3) is 5.95. The molecule has 0 aromatic heterocycles. The number of rotatable bonds is 6. The van der Waals surface area contributed by atoms with Crippen LogP contribution in [0.15, 0.2) is 53.2 Å². The minimum atomic E-state index is -4.76. The largest absolute Gasteiger partial charge is 0.419 e. The molecule has 0 unspecified atom stereocenters. The highest BCUT2D eigenvalue weighted by atomic mass is 19.4. The van der Waals surface area contributed by atoms with Gasteiger partial charge >= 0.3 is 6.18 Å². The first kappa shape index (κ1) is 26.7. The van der Waals surface area contributed by atoms with Gasteiger partial charge in [0, 0.05) is 30.4 Å². The van der Waals surface area contributed by atoms with Crippen molar-refractivity contribution in [2.24, 2.45) is 10.9 Å². The molecule has 2 aliphatic rings. The number of anilines is 2. The standard InChI is InChI=1S/C27H30F4N4O2/c1-4-23(33-25(16(2)3)35(37)19-9-10-19)26(36)34-13-12-20-17(15-34)6-5-7-24(20)32-18-8-11-21(22(28)14-18)27(29,30)31/h4-8,11,14,16,19,32,37H,9-10,12-13,15H2,1-3H3/b23-4-,33-25?. The summed E-state index contributed by atoms with van der Waals surface area (Å²) < 4.78 is 52.7. The van der Waals surface area contributed by atoms with E-state index < -0.39 is 17.6 Å². The number of allylic oxidation sites excluding steroid dienone is 1. The first-order valence-electron chi connectivity index (χ1n) is 12.3. The van der Waals surface area contributed by atoms with E-state index in [1.54, 1.807) is 30.0 Å². The van der Waals surface area contributed by atoms with Crippen molar-refractivity contribution in [3.8, 4) is 0 Å². The third-order valence-electron chi connectivity index (χ3n) is 6.48. The molecule has 4 rings (SSSR count). The summed E-state index contributed by atoms with van der Waals surface area (Å²) in [6, 6.07) is 8.22. The molecule has 1 saturated carbocycles. The molecule has 6 nitrogen and oxygen atoms in total. The maximum Gasteiger partial charge on any atom is 0.419 e. The highest BCUT2D eigenvalue weighted by Gasteiger charge is 2.34. The summed E-state index contributed by atoms with van der Waals surface area (Å²) in [5, 5.41) is 14.7. The number of amides is 1. The summed E-state index contributed by atoms with van der Waals surface area (Å²) in [6.45, 7) is 6.28. The lowest BCUT2D eigenvalue weighted by atomic mass is 9.97. The zero-order valence-electron chi connectivity index (χ0n) is 20.9. The predicted molar refractivity (Wildman–Crippen MR) is 133 cm³/mol. The quantitative estimate of drug-likeness (QED) is 0.155. The molecule has 2 aromatic rings. The molecule has 37 heavy (non-hydrogen) atoms.